The maximum Gasteiger partial charge on any atom is 0.273 e. The van der Waals surface area contributed by atoms with Gasteiger partial charge in [-0.2, -0.15) is 0 Å². The molecule has 104 valence electrons. The lowest BCUT2D eigenvalue weighted by Gasteiger charge is -2.23. The first-order chi connectivity index (χ1) is 8.60. The summed E-state index contributed by atoms with van der Waals surface area (Å²) in [5.41, 5.74) is -0.00202. The summed E-state index contributed by atoms with van der Waals surface area (Å²) in [4.78, 5) is 4.16. The highest BCUT2D eigenvalue weighted by atomic mass is 32.2. The lowest BCUT2D eigenvalue weighted by Crippen LogP contribution is -2.29. The number of rotatable bonds is 2. The van der Waals surface area contributed by atoms with Crippen LogP contribution in [-0.2, 0) is 22.6 Å². The predicted molar refractivity (Wildman–Crippen MR) is 68.6 cm³/mol. The maximum absolute atomic E-state index is 11.6. The summed E-state index contributed by atoms with van der Waals surface area (Å²) in [7, 11) is -2.13. The molecule has 0 bridgehead atoms. The van der Waals surface area contributed by atoms with Crippen molar-refractivity contribution in [2.24, 2.45) is 12.2 Å². The Labute approximate surface area is 111 Å². The highest BCUT2D eigenvalue weighted by molar-refractivity contribution is 7.89. The van der Waals surface area contributed by atoms with Crippen LogP contribution in [0.2, 0.25) is 0 Å². The van der Waals surface area contributed by atoms with Gasteiger partial charge < -0.3 is 4.57 Å². The van der Waals surface area contributed by atoms with E-state index in [2.05, 4.69) is 15.2 Å². The smallest absolute Gasteiger partial charge is 0.273 e. The molecule has 2 aromatic heterocycles. The molecular formula is C10H16N6O2S. The molecule has 0 amide bonds. The van der Waals surface area contributed by atoms with E-state index >= 15 is 0 Å². The van der Waals surface area contributed by atoms with Crippen molar-refractivity contribution >= 4 is 10.0 Å². The third-order valence-corrected chi connectivity index (χ3v) is 3.27. The Kier molecular flexibility index (Phi) is 2.98. The van der Waals surface area contributed by atoms with Crippen molar-refractivity contribution in [3.8, 4) is 11.5 Å². The number of nitrogens with two attached hydrogens (primary N) is 1. The standard InChI is InChI=1S/C10H16N6O2S/c1-10(2,3)16-8(7-5-15(4)6-12-7)13-14-9(16)19(11,17)18/h5-6H,1-4H3,(H2,11,17,18). The molecule has 0 radical (unpaired) electrons. The molecular weight excluding hydrogens is 268 g/mol. The normalized spacial score (nSPS) is 12.9. The van der Waals surface area contributed by atoms with Crippen molar-refractivity contribution < 1.29 is 8.42 Å². The Balaban J connectivity index is 2.74. The minimum absolute atomic E-state index is 0.263. The molecule has 0 aliphatic carbocycles. The monoisotopic (exact) mass is 284 g/mol. The molecule has 2 aromatic rings. The molecule has 8 nitrogen and oxygen atoms in total. The number of aryl methyl sites for hydroxylation is 1. The van der Waals surface area contributed by atoms with Gasteiger partial charge in [0, 0.05) is 18.8 Å². The van der Waals surface area contributed by atoms with Crippen molar-refractivity contribution in [1.82, 2.24) is 24.3 Å². The van der Waals surface area contributed by atoms with E-state index in [4.69, 9.17) is 5.14 Å². The summed E-state index contributed by atoms with van der Waals surface area (Å²) in [6, 6.07) is 0. The predicted octanol–water partition coefficient (Wildman–Crippen LogP) is 0.0810. The van der Waals surface area contributed by atoms with Crippen LogP contribution in [0.4, 0.5) is 0 Å². The Hall–Kier alpha value is -1.74. The molecule has 0 unspecified atom stereocenters. The van der Waals surface area contributed by atoms with Gasteiger partial charge in [-0.15, -0.1) is 10.2 Å². The summed E-state index contributed by atoms with van der Waals surface area (Å²) >= 11 is 0. The van der Waals surface area contributed by atoms with Crippen LogP contribution < -0.4 is 5.14 Å². The Bertz CT molecular complexity index is 707. The third kappa shape index (κ3) is 2.51. The Morgan fingerprint density at radius 1 is 1.26 bits per heavy atom. The summed E-state index contributed by atoms with van der Waals surface area (Å²) in [6.07, 6.45) is 3.34. The fourth-order valence-corrected chi connectivity index (χ4v) is 2.52. The van der Waals surface area contributed by atoms with Gasteiger partial charge in [-0.25, -0.2) is 18.5 Å². The molecule has 0 saturated heterocycles. The van der Waals surface area contributed by atoms with Crippen molar-refractivity contribution in [2.45, 2.75) is 31.5 Å². The number of hydrogen-bond donors (Lipinski definition) is 1. The zero-order valence-corrected chi connectivity index (χ0v) is 12.0. The Morgan fingerprint density at radius 3 is 2.32 bits per heavy atom. The van der Waals surface area contributed by atoms with Gasteiger partial charge in [-0.05, 0) is 20.8 Å². The van der Waals surface area contributed by atoms with Gasteiger partial charge >= 0.3 is 0 Å². The molecule has 0 spiro atoms. The molecule has 2 rings (SSSR count). The van der Waals surface area contributed by atoms with Crippen LogP contribution in [0.15, 0.2) is 17.7 Å². The van der Waals surface area contributed by atoms with E-state index in [1.807, 2.05) is 27.8 Å². The van der Waals surface area contributed by atoms with Crippen molar-refractivity contribution in [3.05, 3.63) is 12.5 Å². The fourth-order valence-electron chi connectivity index (χ4n) is 1.75. The highest BCUT2D eigenvalue weighted by Gasteiger charge is 2.30. The maximum atomic E-state index is 11.6. The average molecular weight is 284 g/mol. The molecule has 19 heavy (non-hydrogen) atoms. The number of sulfonamides is 1. The molecule has 0 atom stereocenters. The first-order valence-corrected chi connectivity index (χ1v) is 7.12. The summed E-state index contributed by atoms with van der Waals surface area (Å²) < 4.78 is 26.4. The van der Waals surface area contributed by atoms with Gasteiger partial charge in [0.05, 0.1) is 6.33 Å². The fraction of sp³-hybridized carbons (Fsp3) is 0.500. The van der Waals surface area contributed by atoms with E-state index in [1.54, 1.807) is 17.1 Å². The van der Waals surface area contributed by atoms with Gasteiger partial charge in [0.25, 0.3) is 15.2 Å². The number of nitrogens with zero attached hydrogens (tertiary/aromatic N) is 5. The van der Waals surface area contributed by atoms with E-state index in [0.29, 0.717) is 11.5 Å². The van der Waals surface area contributed by atoms with Crippen LogP contribution in [0.3, 0.4) is 0 Å². The molecule has 9 heteroatoms. The average Bonchev–Trinajstić information content (AvgIpc) is 2.79. The molecule has 0 aliphatic rings. The van der Waals surface area contributed by atoms with Crippen LogP contribution in [0.1, 0.15) is 20.8 Å². The van der Waals surface area contributed by atoms with E-state index in [-0.39, 0.29) is 5.16 Å². The number of hydrogen-bond acceptors (Lipinski definition) is 5. The SMILES string of the molecule is Cn1cnc(-c2nnc(S(N)(=O)=O)n2C(C)(C)C)c1. The second kappa shape index (κ2) is 4.14. The zero-order valence-electron chi connectivity index (χ0n) is 11.2. The van der Waals surface area contributed by atoms with E-state index in [0.717, 1.165) is 0 Å². The number of primary sulfonamides is 1. The van der Waals surface area contributed by atoms with Crippen molar-refractivity contribution in [1.29, 1.82) is 0 Å². The minimum atomic E-state index is -3.94. The van der Waals surface area contributed by atoms with Gasteiger partial charge in [0.2, 0.25) is 0 Å². The van der Waals surface area contributed by atoms with Gasteiger partial charge in [0.15, 0.2) is 5.82 Å². The summed E-state index contributed by atoms with van der Waals surface area (Å²) in [5.74, 6) is 0.372. The van der Waals surface area contributed by atoms with Gasteiger partial charge in [0.1, 0.15) is 5.69 Å². The van der Waals surface area contributed by atoms with Gasteiger partial charge in [-0.1, -0.05) is 0 Å². The zero-order chi connectivity index (χ0) is 14.4. The topological polar surface area (TPSA) is 109 Å². The van der Waals surface area contributed by atoms with Gasteiger partial charge in [-0.3, -0.25) is 4.57 Å². The molecule has 0 fully saturated rings. The minimum Gasteiger partial charge on any atom is -0.340 e. The van der Waals surface area contributed by atoms with E-state index in [9.17, 15) is 8.42 Å². The third-order valence-electron chi connectivity index (χ3n) is 2.49. The Morgan fingerprint density at radius 2 is 1.89 bits per heavy atom. The second-order valence-corrected chi connectivity index (χ2v) is 6.74. The van der Waals surface area contributed by atoms with Crippen molar-refractivity contribution in [3.63, 3.8) is 0 Å². The van der Waals surface area contributed by atoms with Crippen LogP contribution >= 0.6 is 0 Å². The number of imidazole rings is 1. The first kappa shape index (κ1) is 13.7. The summed E-state index contributed by atoms with van der Waals surface area (Å²) in [5, 5.41) is 12.5. The molecule has 2 N–H and O–H groups in total. The van der Waals surface area contributed by atoms with E-state index < -0.39 is 15.6 Å². The van der Waals surface area contributed by atoms with Crippen LogP contribution in [0.25, 0.3) is 11.5 Å². The lowest BCUT2D eigenvalue weighted by molar-refractivity contribution is 0.365. The lowest BCUT2D eigenvalue weighted by atomic mass is 10.1. The molecule has 0 aliphatic heterocycles. The van der Waals surface area contributed by atoms with Crippen LogP contribution in [0, 0.1) is 0 Å². The van der Waals surface area contributed by atoms with Crippen LogP contribution in [0.5, 0.6) is 0 Å². The number of aromatic nitrogens is 5. The largest absolute Gasteiger partial charge is 0.340 e. The molecule has 2 heterocycles. The van der Waals surface area contributed by atoms with E-state index in [1.165, 1.54) is 4.57 Å². The van der Waals surface area contributed by atoms with Crippen LogP contribution in [-0.4, -0.2) is 32.7 Å². The second-order valence-electron chi connectivity index (χ2n) is 5.28. The quantitative estimate of drug-likeness (QED) is 0.840. The first-order valence-electron chi connectivity index (χ1n) is 5.58. The highest BCUT2D eigenvalue weighted by Crippen LogP contribution is 2.26. The van der Waals surface area contributed by atoms with Crippen molar-refractivity contribution in [2.75, 3.05) is 0 Å². The molecule has 0 aromatic carbocycles. The molecule has 0 saturated carbocycles. The summed E-state index contributed by atoms with van der Waals surface area (Å²) in [6.45, 7) is 5.53.